The molecule has 1 saturated carbocycles. The van der Waals surface area contributed by atoms with Crippen LogP contribution in [0.5, 0.6) is 0 Å². The molecule has 224 valence electrons. The van der Waals surface area contributed by atoms with E-state index in [1.165, 1.54) is 98.0 Å². The summed E-state index contributed by atoms with van der Waals surface area (Å²) in [4.78, 5) is 0. The van der Waals surface area contributed by atoms with E-state index < -0.39 is 0 Å². The predicted molar refractivity (Wildman–Crippen MR) is 176 cm³/mol. The van der Waals surface area contributed by atoms with Gasteiger partial charge in [-0.2, -0.15) is 0 Å². The topological polar surface area (TPSA) is 0 Å². The molecule has 0 nitrogen and oxygen atoms in total. The van der Waals surface area contributed by atoms with E-state index in [0.29, 0.717) is 5.92 Å². The van der Waals surface area contributed by atoms with Gasteiger partial charge in [0.25, 0.3) is 0 Å². The third kappa shape index (κ3) is 5.57. The van der Waals surface area contributed by atoms with Crippen LogP contribution in [0.4, 0.5) is 0 Å². The molecule has 0 spiro atoms. The summed E-state index contributed by atoms with van der Waals surface area (Å²) in [6.45, 7) is 13.6. The summed E-state index contributed by atoms with van der Waals surface area (Å²) in [7, 11) is 0. The molecule has 3 aliphatic carbocycles. The van der Waals surface area contributed by atoms with Gasteiger partial charge in [-0.05, 0) is 133 Å². The summed E-state index contributed by atoms with van der Waals surface area (Å²) in [6, 6.07) is 21.6. The van der Waals surface area contributed by atoms with Gasteiger partial charge in [0.15, 0.2) is 0 Å². The first kappa shape index (κ1) is 34.7. The number of halogens is 2. The van der Waals surface area contributed by atoms with Crippen molar-refractivity contribution >= 4 is 0 Å². The predicted octanol–water partition coefficient (Wildman–Crippen LogP) is 5.00. The van der Waals surface area contributed by atoms with Crippen LogP contribution in [-0.2, 0) is 38.0 Å². The molecule has 0 atom stereocenters. The Labute approximate surface area is 296 Å². The number of hydrogen-bond acceptors (Lipinski definition) is 0. The van der Waals surface area contributed by atoms with Crippen molar-refractivity contribution in [3.8, 4) is 33.4 Å². The molecule has 0 bridgehead atoms. The maximum atomic E-state index is 2.50. The standard InChI is InChI=1S/C41H42.2ClH.Zr/c1-25-19-27(3)38(28(4)20-25)31-13-14-34-32(23-31)24-37-35(34)15-16-36(39-29(5)21-26(2)22-30(39)6)40(37)41(17-9-10-18-41)33-11-7-8-12-33;;;/h7-8,11-16,19-23,33H,9-10,17-18,24H2,1-6H3;2*1H;/q;;;+2/p-2. The number of hydrogen-bond donors (Lipinski definition) is 0. The van der Waals surface area contributed by atoms with Crippen LogP contribution in [0, 0.1) is 47.5 Å². The van der Waals surface area contributed by atoms with Crippen molar-refractivity contribution in [3.05, 3.63) is 129 Å². The molecule has 0 N–H and O–H groups in total. The van der Waals surface area contributed by atoms with Crippen LogP contribution in [0.25, 0.3) is 33.4 Å². The minimum absolute atomic E-state index is 0. The summed E-state index contributed by atoms with van der Waals surface area (Å²) < 4.78 is 0. The second-order valence-corrected chi connectivity index (χ2v) is 13.3. The molecule has 44 heavy (non-hydrogen) atoms. The molecular weight excluding hydrogens is 655 g/mol. The Morgan fingerprint density at radius 2 is 1.09 bits per heavy atom. The minimum Gasteiger partial charge on any atom is -1.00 e. The fourth-order valence-corrected chi connectivity index (χ4v) is 9.01. The van der Waals surface area contributed by atoms with Crippen LogP contribution in [0.2, 0.25) is 0 Å². The monoisotopic (exact) mass is 694 g/mol. The van der Waals surface area contributed by atoms with Crippen molar-refractivity contribution in [2.45, 2.75) is 79.1 Å². The molecule has 0 saturated heterocycles. The van der Waals surface area contributed by atoms with Gasteiger partial charge in [0.1, 0.15) is 0 Å². The second-order valence-electron chi connectivity index (χ2n) is 13.3. The van der Waals surface area contributed by atoms with Crippen LogP contribution in [-0.4, -0.2) is 0 Å². The van der Waals surface area contributed by atoms with E-state index in [4.69, 9.17) is 0 Å². The third-order valence-corrected chi connectivity index (χ3v) is 10.4. The maximum Gasteiger partial charge on any atom is 2.00 e. The zero-order valence-electron chi connectivity index (χ0n) is 26.9. The molecule has 1 fully saturated rings. The second kappa shape index (κ2) is 13.3. The summed E-state index contributed by atoms with van der Waals surface area (Å²) in [5.74, 6) is 0.471. The van der Waals surface area contributed by atoms with Crippen molar-refractivity contribution in [2.24, 2.45) is 5.92 Å². The summed E-state index contributed by atoms with van der Waals surface area (Å²) in [5, 5.41) is 0. The van der Waals surface area contributed by atoms with Crippen LogP contribution < -0.4 is 24.8 Å². The summed E-state index contributed by atoms with van der Waals surface area (Å²) in [6.07, 6.45) is 15.7. The van der Waals surface area contributed by atoms with Crippen molar-refractivity contribution in [1.29, 1.82) is 0 Å². The molecule has 7 rings (SSSR count). The fraction of sp³-hybridized carbons (Fsp3) is 0.317. The van der Waals surface area contributed by atoms with Crippen molar-refractivity contribution in [1.82, 2.24) is 0 Å². The first-order valence-electron chi connectivity index (χ1n) is 15.6. The average molecular weight is 697 g/mol. The number of allylic oxidation sites excluding steroid dienone is 4. The molecule has 0 amide bonds. The zero-order valence-corrected chi connectivity index (χ0v) is 30.8. The van der Waals surface area contributed by atoms with Gasteiger partial charge in [0.2, 0.25) is 0 Å². The molecular formula is C41H42Cl2Zr. The van der Waals surface area contributed by atoms with Crippen LogP contribution >= 0.6 is 0 Å². The fourth-order valence-electron chi connectivity index (χ4n) is 9.01. The van der Waals surface area contributed by atoms with Gasteiger partial charge in [-0.1, -0.05) is 103 Å². The maximum absolute atomic E-state index is 2.50. The van der Waals surface area contributed by atoms with Gasteiger partial charge >= 0.3 is 26.2 Å². The van der Waals surface area contributed by atoms with Crippen LogP contribution in [0.15, 0.2) is 78.9 Å². The Balaban J connectivity index is 0.00000147. The minimum atomic E-state index is 0. The van der Waals surface area contributed by atoms with E-state index in [9.17, 15) is 0 Å². The molecule has 0 aromatic heterocycles. The van der Waals surface area contributed by atoms with Crippen LogP contribution in [0.3, 0.4) is 0 Å². The quantitative estimate of drug-likeness (QED) is 0.248. The van der Waals surface area contributed by atoms with Crippen molar-refractivity contribution < 1.29 is 51.0 Å². The van der Waals surface area contributed by atoms with Gasteiger partial charge in [0, 0.05) is 11.3 Å². The number of fused-ring (bicyclic) bond motifs is 3. The molecule has 3 heteroatoms. The largest absolute Gasteiger partial charge is 2.00 e. The van der Waals surface area contributed by atoms with E-state index in [1.54, 1.807) is 11.1 Å². The van der Waals surface area contributed by atoms with Gasteiger partial charge in [0.05, 0.1) is 0 Å². The normalized spacial score (nSPS) is 15.8. The number of rotatable bonds is 4. The first-order chi connectivity index (χ1) is 19.8. The Morgan fingerprint density at radius 1 is 0.591 bits per heavy atom. The van der Waals surface area contributed by atoms with E-state index in [1.807, 2.05) is 0 Å². The molecule has 0 aliphatic heterocycles. The van der Waals surface area contributed by atoms with Gasteiger partial charge < -0.3 is 24.8 Å². The van der Waals surface area contributed by atoms with Gasteiger partial charge in [-0.3, -0.25) is 0 Å². The first-order valence-corrected chi connectivity index (χ1v) is 15.6. The zero-order chi connectivity index (χ0) is 28.5. The molecule has 0 unspecified atom stereocenters. The smallest absolute Gasteiger partial charge is 1.00 e. The van der Waals surface area contributed by atoms with E-state index >= 15 is 0 Å². The van der Waals surface area contributed by atoms with E-state index in [0.717, 1.165) is 6.42 Å². The molecule has 4 aromatic rings. The Morgan fingerprint density at radius 3 is 1.66 bits per heavy atom. The Hall–Kier alpha value is -2.18. The van der Waals surface area contributed by atoms with Crippen molar-refractivity contribution in [3.63, 3.8) is 0 Å². The molecule has 0 heterocycles. The van der Waals surface area contributed by atoms with Gasteiger partial charge in [-0.25, -0.2) is 0 Å². The molecule has 0 radical (unpaired) electrons. The molecule has 3 aliphatic rings. The van der Waals surface area contributed by atoms with E-state index in [2.05, 4.69) is 120 Å². The average Bonchev–Trinajstić information content (AvgIpc) is 3.67. The third-order valence-electron chi connectivity index (χ3n) is 10.4. The van der Waals surface area contributed by atoms with Gasteiger partial charge in [-0.15, -0.1) is 0 Å². The summed E-state index contributed by atoms with van der Waals surface area (Å²) in [5.41, 5.74) is 21.7. The number of aryl methyl sites for hydroxylation is 6. The number of benzene rings is 4. The summed E-state index contributed by atoms with van der Waals surface area (Å²) >= 11 is 0. The molecule has 4 aromatic carbocycles. The van der Waals surface area contributed by atoms with E-state index in [-0.39, 0.29) is 56.4 Å². The van der Waals surface area contributed by atoms with Crippen LogP contribution in [0.1, 0.15) is 75.8 Å². The Bertz CT molecular complexity index is 1730. The Kier molecular flexibility index (Phi) is 10.5. The SMILES string of the molecule is Cc1cc(C)c(-c2ccc3c(c2)Cc2c-3ccc(-c3c(C)cc(C)cc3C)c2C2(C3C=CC=C3)CCCC2)c(C)c1.[Cl-].[Cl-].[Zr+2]. The van der Waals surface area contributed by atoms with Crippen molar-refractivity contribution in [2.75, 3.05) is 0 Å².